The van der Waals surface area contributed by atoms with Gasteiger partial charge < -0.3 is 30.2 Å². The number of methoxy groups -OCH3 is 2. The summed E-state index contributed by atoms with van der Waals surface area (Å²) in [6.07, 6.45) is 2.22. The molecule has 1 aliphatic carbocycles. The SMILES string of the molecule is C=CC1CC1(NC(=O)C1CC(Oc2cc(-c3csc(NC(C)=O)n3)nc3cc(OC)ccc23)CN1)C(=O)OC. The fraction of sp³-hybridized carbons (Fsp3) is 0.370. The molecule has 1 saturated heterocycles. The Balaban J connectivity index is 1.36. The minimum atomic E-state index is -1.05. The van der Waals surface area contributed by atoms with Gasteiger partial charge in [-0.3, -0.25) is 9.59 Å². The quantitative estimate of drug-likeness (QED) is 0.270. The summed E-state index contributed by atoms with van der Waals surface area (Å²) in [5, 5.41) is 11.8. The van der Waals surface area contributed by atoms with E-state index in [1.54, 1.807) is 19.3 Å². The number of rotatable bonds is 9. The summed E-state index contributed by atoms with van der Waals surface area (Å²) in [6, 6.07) is 6.79. The molecule has 3 N–H and O–H groups in total. The number of thiazole rings is 1. The van der Waals surface area contributed by atoms with Crippen molar-refractivity contribution in [2.75, 3.05) is 26.1 Å². The molecule has 5 rings (SSSR count). The topological polar surface area (TPSA) is 141 Å². The van der Waals surface area contributed by atoms with Crippen LogP contribution in [0.15, 0.2) is 42.3 Å². The molecule has 1 aliphatic heterocycles. The first-order chi connectivity index (χ1) is 18.8. The minimum absolute atomic E-state index is 0.155. The predicted molar refractivity (Wildman–Crippen MR) is 146 cm³/mol. The molecule has 4 atom stereocenters. The molecule has 39 heavy (non-hydrogen) atoms. The first kappa shape index (κ1) is 26.6. The zero-order valence-corrected chi connectivity index (χ0v) is 22.6. The van der Waals surface area contributed by atoms with E-state index in [9.17, 15) is 14.4 Å². The molecule has 2 fully saturated rings. The molecule has 1 saturated carbocycles. The third-order valence-corrected chi connectivity index (χ3v) is 7.68. The molecule has 0 bridgehead atoms. The standard InChI is InChI=1S/C27H29N5O6S/c1-5-15-11-27(15,25(35)37-4)32-24(34)21-9-17(12-28-21)38-23-10-20(22-13-39-26(31-22)29-14(2)33)30-19-8-16(36-3)6-7-18(19)23/h5-8,10,13,15,17,21,28H,1,9,11-12H2,2-4H3,(H,32,34)(H,29,31,33). The van der Waals surface area contributed by atoms with Gasteiger partial charge in [0.05, 0.1) is 31.5 Å². The van der Waals surface area contributed by atoms with Gasteiger partial charge in [0.15, 0.2) is 5.13 Å². The molecule has 204 valence electrons. The average molecular weight is 552 g/mol. The van der Waals surface area contributed by atoms with Crippen molar-refractivity contribution in [2.24, 2.45) is 5.92 Å². The Morgan fingerprint density at radius 3 is 2.72 bits per heavy atom. The molecule has 2 amide bonds. The maximum atomic E-state index is 13.0. The maximum absolute atomic E-state index is 13.0. The number of ether oxygens (including phenoxy) is 3. The summed E-state index contributed by atoms with van der Waals surface area (Å²) in [5.74, 6) is 0.113. The van der Waals surface area contributed by atoms with E-state index >= 15 is 0 Å². The molecule has 3 heterocycles. The highest BCUT2D eigenvalue weighted by molar-refractivity contribution is 7.14. The lowest BCUT2D eigenvalue weighted by molar-refractivity contribution is -0.147. The lowest BCUT2D eigenvalue weighted by Gasteiger charge is -2.19. The summed E-state index contributed by atoms with van der Waals surface area (Å²) in [5.41, 5.74) is 0.769. The number of carbonyl (C=O) groups excluding carboxylic acids is 3. The molecule has 2 aromatic heterocycles. The second-order valence-corrected chi connectivity index (χ2v) is 10.4. The second-order valence-electron chi connectivity index (χ2n) is 9.54. The highest BCUT2D eigenvalue weighted by atomic mass is 32.1. The van der Waals surface area contributed by atoms with Crippen molar-refractivity contribution in [1.29, 1.82) is 0 Å². The van der Waals surface area contributed by atoms with E-state index < -0.39 is 17.6 Å². The van der Waals surface area contributed by atoms with E-state index in [0.717, 1.165) is 5.39 Å². The normalized spacial score (nSPS) is 23.6. The number of hydrogen-bond acceptors (Lipinski definition) is 10. The molecular weight excluding hydrogens is 522 g/mol. The van der Waals surface area contributed by atoms with Gasteiger partial charge >= 0.3 is 5.97 Å². The molecule has 0 radical (unpaired) electrons. The zero-order valence-electron chi connectivity index (χ0n) is 21.8. The van der Waals surface area contributed by atoms with Crippen LogP contribution in [-0.2, 0) is 19.1 Å². The fourth-order valence-electron chi connectivity index (χ4n) is 4.79. The van der Waals surface area contributed by atoms with Crippen LogP contribution in [0.4, 0.5) is 5.13 Å². The number of benzene rings is 1. The Bertz CT molecular complexity index is 1460. The predicted octanol–water partition coefficient (Wildman–Crippen LogP) is 2.67. The van der Waals surface area contributed by atoms with Crippen LogP contribution >= 0.6 is 11.3 Å². The summed E-state index contributed by atoms with van der Waals surface area (Å²) in [7, 11) is 2.89. The molecule has 4 unspecified atom stereocenters. The van der Waals surface area contributed by atoms with Crippen LogP contribution in [0.1, 0.15) is 19.8 Å². The number of nitrogens with one attached hydrogen (secondary N) is 3. The van der Waals surface area contributed by atoms with E-state index in [0.29, 0.717) is 52.9 Å². The molecule has 11 nitrogen and oxygen atoms in total. The van der Waals surface area contributed by atoms with E-state index in [1.165, 1.54) is 25.4 Å². The van der Waals surface area contributed by atoms with Crippen LogP contribution in [0, 0.1) is 5.92 Å². The summed E-state index contributed by atoms with van der Waals surface area (Å²) in [6.45, 7) is 5.61. The summed E-state index contributed by atoms with van der Waals surface area (Å²) >= 11 is 1.30. The van der Waals surface area contributed by atoms with Crippen molar-refractivity contribution in [1.82, 2.24) is 20.6 Å². The van der Waals surface area contributed by atoms with Crippen molar-refractivity contribution >= 4 is 45.2 Å². The van der Waals surface area contributed by atoms with Gasteiger partial charge in [0.2, 0.25) is 11.8 Å². The smallest absolute Gasteiger partial charge is 0.332 e. The van der Waals surface area contributed by atoms with Crippen molar-refractivity contribution in [2.45, 2.75) is 37.5 Å². The number of pyridine rings is 1. The third-order valence-electron chi connectivity index (χ3n) is 6.92. The van der Waals surface area contributed by atoms with Gasteiger partial charge in [0.25, 0.3) is 0 Å². The molecule has 2 aliphatic rings. The van der Waals surface area contributed by atoms with Crippen LogP contribution < -0.4 is 25.4 Å². The molecular formula is C27H29N5O6S. The monoisotopic (exact) mass is 551 g/mol. The lowest BCUT2D eigenvalue weighted by Crippen LogP contribution is -2.51. The number of fused-ring (bicyclic) bond motifs is 1. The number of esters is 1. The Labute approximate surface area is 228 Å². The number of hydrogen-bond donors (Lipinski definition) is 3. The van der Waals surface area contributed by atoms with Crippen LogP contribution in [0.25, 0.3) is 22.3 Å². The van der Waals surface area contributed by atoms with E-state index in [2.05, 4.69) is 27.5 Å². The van der Waals surface area contributed by atoms with E-state index in [-0.39, 0.29) is 23.8 Å². The molecule has 1 aromatic carbocycles. The molecule has 12 heteroatoms. The summed E-state index contributed by atoms with van der Waals surface area (Å²) < 4.78 is 16.7. The van der Waals surface area contributed by atoms with Crippen LogP contribution in [0.2, 0.25) is 0 Å². The van der Waals surface area contributed by atoms with Crippen molar-refractivity contribution < 1.29 is 28.6 Å². The second kappa shape index (κ2) is 10.6. The van der Waals surface area contributed by atoms with Crippen molar-refractivity contribution in [3.8, 4) is 22.9 Å². The first-order valence-corrected chi connectivity index (χ1v) is 13.3. The molecule has 3 aromatic rings. The number of aromatic nitrogens is 2. The Morgan fingerprint density at radius 1 is 1.21 bits per heavy atom. The van der Waals surface area contributed by atoms with Gasteiger partial charge in [-0.15, -0.1) is 17.9 Å². The number of anilines is 1. The van der Waals surface area contributed by atoms with Gasteiger partial charge in [-0.25, -0.2) is 14.8 Å². The van der Waals surface area contributed by atoms with Gasteiger partial charge in [0, 0.05) is 48.7 Å². The van der Waals surface area contributed by atoms with Crippen LogP contribution in [-0.4, -0.2) is 66.2 Å². The fourth-order valence-corrected chi connectivity index (χ4v) is 5.55. The molecule has 0 spiro atoms. The number of carbonyl (C=O) groups is 3. The van der Waals surface area contributed by atoms with Gasteiger partial charge in [-0.2, -0.15) is 0 Å². The number of nitrogens with zero attached hydrogens (tertiary/aromatic N) is 2. The lowest BCUT2D eigenvalue weighted by atomic mass is 10.1. The van der Waals surface area contributed by atoms with E-state index in [1.807, 2.05) is 23.6 Å². The maximum Gasteiger partial charge on any atom is 0.332 e. The Morgan fingerprint density at radius 2 is 2.03 bits per heavy atom. The highest BCUT2D eigenvalue weighted by Crippen LogP contribution is 2.45. The number of amides is 2. The van der Waals surface area contributed by atoms with E-state index in [4.69, 9.17) is 19.2 Å². The van der Waals surface area contributed by atoms with Gasteiger partial charge in [-0.05, 0) is 18.6 Å². The van der Waals surface area contributed by atoms with Crippen molar-refractivity contribution in [3.63, 3.8) is 0 Å². The first-order valence-electron chi connectivity index (χ1n) is 12.4. The summed E-state index contributed by atoms with van der Waals surface area (Å²) in [4.78, 5) is 46.0. The Kier molecular flexibility index (Phi) is 7.23. The van der Waals surface area contributed by atoms with Gasteiger partial charge in [0.1, 0.15) is 28.8 Å². The van der Waals surface area contributed by atoms with Crippen LogP contribution in [0.5, 0.6) is 11.5 Å². The van der Waals surface area contributed by atoms with Gasteiger partial charge in [-0.1, -0.05) is 6.08 Å². The van der Waals surface area contributed by atoms with Crippen LogP contribution in [0.3, 0.4) is 0 Å². The Hall–Kier alpha value is -4.03. The highest BCUT2D eigenvalue weighted by Gasteiger charge is 2.61. The average Bonchev–Trinajstić information content (AvgIpc) is 3.21. The van der Waals surface area contributed by atoms with Crippen molar-refractivity contribution in [3.05, 3.63) is 42.3 Å². The third kappa shape index (κ3) is 5.30. The largest absolute Gasteiger partial charge is 0.497 e. The minimum Gasteiger partial charge on any atom is -0.497 e. The zero-order chi connectivity index (χ0) is 27.7.